The van der Waals surface area contributed by atoms with Gasteiger partial charge in [-0.1, -0.05) is 12.1 Å². The van der Waals surface area contributed by atoms with Gasteiger partial charge in [-0.25, -0.2) is 0 Å². The normalized spacial score (nSPS) is 13.1. The minimum atomic E-state index is -4.34. The number of carbonyl (C=O) groups excluding carboxylic acids is 1. The van der Waals surface area contributed by atoms with Crippen LogP contribution in [0.4, 0.5) is 13.2 Å². The summed E-state index contributed by atoms with van der Waals surface area (Å²) in [6.45, 7) is 2.16. The van der Waals surface area contributed by atoms with Gasteiger partial charge in [-0.15, -0.1) is 0 Å². The third kappa shape index (κ3) is 4.90. The lowest BCUT2D eigenvalue weighted by molar-refractivity contribution is -0.137. The van der Waals surface area contributed by atoms with Crippen molar-refractivity contribution in [2.24, 2.45) is 5.73 Å². The number of alkyl halides is 3. The van der Waals surface area contributed by atoms with Gasteiger partial charge in [-0.2, -0.15) is 13.2 Å². The first-order valence-electron chi connectivity index (χ1n) is 6.01. The number of amides is 1. The Hall–Kier alpha value is -1.56. The molecule has 1 aromatic carbocycles. The summed E-state index contributed by atoms with van der Waals surface area (Å²) < 4.78 is 37.2. The Balaban J connectivity index is 2.63. The predicted octanol–water partition coefficient (Wildman–Crippen LogP) is 2.62. The fourth-order valence-corrected chi connectivity index (χ4v) is 1.62. The van der Waals surface area contributed by atoms with Crippen molar-refractivity contribution in [2.45, 2.75) is 32.0 Å². The van der Waals surface area contributed by atoms with E-state index >= 15 is 0 Å². The number of carbonyl (C=O) groups is 1. The molecule has 0 aliphatic heterocycles. The maximum atomic E-state index is 12.4. The van der Waals surface area contributed by atoms with Gasteiger partial charge in [0.2, 0.25) is 5.91 Å². The van der Waals surface area contributed by atoms with E-state index in [1.54, 1.807) is 6.92 Å². The van der Waals surface area contributed by atoms with Crippen LogP contribution < -0.4 is 11.1 Å². The van der Waals surface area contributed by atoms with E-state index in [-0.39, 0.29) is 11.9 Å². The van der Waals surface area contributed by atoms with Crippen molar-refractivity contribution in [1.82, 2.24) is 5.32 Å². The van der Waals surface area contributed by atoms with Gasteiger partial charge in [0.15, 0.2) is 0 Å². The maximum absolute atomic E-state index is 12.4. The van der Waals surface area contributed by atoms with Crippen LogP contribution in [0.15, 0.2) is 24.3 Å². The average Bonchev–Trinajstić information content (AvgIpc) is 2.35. The van der Waals surface area contributed by atoms with Crippen LogP contribution in [0.25, 0.3) is 0 Å². The van der Waals surface area contributed by atoms with Crippen LogP contribution in [0.2, 0.25) is 0 Å². The lowest BCUT2D eigenvalue weighted by atomic mass is 10.1. The van der Waals surface area contributed by atoms with E-state index in [9.17, 15) is 18.0 Å². The molecule has 1 atom stereocenters. The topological polar surface area (TPSA) is 55.1 Å². The molecule has 0 heterocycles. The van der Waals surface area contributed by atoms with Crippen LogP contribution in [-0.2, 0) is 11.0 Å². The number of nitrogens with one attached hydrogen (secondary N) is 1. The lowest BCUT2D eigenvalue weighted by Crippen LogP contribution is -2.26. The second-order valence-corrected chi connectivity index (χ2v) is 4.30. The van der Waals surface area contributed by atoms with Crippen LogP contribution in [0.3, 0.4) is 0 Å². The number of hydrogen-bond acceptors (Lipinski definition) is 2. The molecule has 0 fully saturated rings. The van der Waals surface area contributed by atoms with Gasteiger partial charge in [0.1, 0.15) is 0 Å². The molecule has 0 aliphatic rings. The molecule has 3 N–H and O–H groups in total. The lowest BCUT2D eigenvalue weighted by Gasteiger charge is -2.15. The highest BCUT2D eigenvalue weighted by Gasteiger charge is 2.30. The molecule has 1 aromatic rings. The molecule has 19 heavy (non-hydrogen) atoms. The molecule has 0 aliphatic carbocycles. The van der Waals surface area contributed by atoms with Gasteiger partial charge < -0.3 is 11.1 Å². The quantitative estimate of drug-likeness (QED) is 0.867. The van der Waals surface area contributed by atoms with Crippen LogP contribution in [0.5, 0.6) is 0 Å². The molecular weight excluding hydrogens is 257 g/mol. The summed E-state index contributed by atoms with van der Waals surface area (Å²) in [6, 6.07) is 4.44. The van der Waals surface area contributed by atoms with Gasteiger partial charge in [0.05, 0.1) is 11.6 Å². The van der Waals surface area contributed by atoms with Gasteiger partial charge in [0.25, 0.3) is 0 Å². The fourth-order valence-electron chi connectivity index (χ4n) is 1.62. The molecule has 3 nitrogen and oxygen atoms in total. The van der Waals surface area contributed by atoms with Crippen LogP contribution >= 0.6 is 0 Å². The second-order valence-electron chi connectivity index (χ2n) is 4.30. The van der Waals surface area contributed by atoms with Gasteiger partial charge in [0, 0.05) is 6.42 Å². The largest absolute Gasteiger partial charge is 0.416 e. The average molecular weight is 274 g/mol. The van der Waals surface area contributed by atoms with E-state index in [4.69, 9.17) is 5.73 Å². The van der Waals surface area contributed by atoms with E-state index in [0.717, 1.165) is 12.1 Å². The molecule has 1 amide bonds. The highest BCUT2D eigenvalue weighted by Crippen LogP contribution is 2.29. The molecule has 0 aromatic heterocycles. The zero-order valence-electron chi connectivity index (χ0n) is 10.6. The van der Waals surface area contributed by atoms with Gasteiger partial charge in [-0.3, -0.25) is 4.79 Å². The van der Waals surface area contributed by atoms with Crippen molar-refractivity contribution in [2.75, 3.05) is 6.54 Å². The molecule has 106 valence electrons. The molecular formula is C13H17F3N2O. The standard InChI is InChI=1S/C13H17F3N2O/c1-9(18-12(19)3-2-8-17)10-4-6-11(7-5-10)13(14,15)16/h4-7,9H,2-3,8,17H2,1H3,(H,18,19). The third-order valence-electron chi connectivity index (χ3n) is 2.72. The monoisotopic (exact) mass is 274 g/mol. The third-order valence-corrected chi connectivity index (χ3v) is 2.72. The van der Waals surface area contributed by atoms with E-state index in [1.807, 2.05) is 0 Å². The van der Waals surface area contributed by atoms with E-state index in [1.165, 1.54) is 12.1 Å². The summed E-state index contributed by atoms with van der Waals surface area (Å²) in [5.41, 5.74) is 5.23. The number of halogens is 3. The Morgan fingerprint density at radius 2 is 1.89 bits per heavy atom. The number of hydrogen-bond donors (Lipinski definition) is 2. The van der Waals surface area contributed by atoms with E-state index < -0.39 is 11.7 Å². The highest BCUT2D eigenvalue weighted by atomic mass is 19.4. The van der Waals surface area contributed by atoms with Crippen molar-refractivity contribution in [3.8, 4) is 0 Å². The number of benzene rings is 1. The smallest absolute Gasteiger partial charge is 0.350 e. The zero-order chi connectivity index (χ0) is 14.5. The molecule has 0 bridgehead atoms. The van der Waals surface area contributed by atoms with Crippen LogP contribution in [-0.4, -0.2) is 12.5 Å². The maximum Gasteiger partial charge on any atom is 0.416 e. The molecule has 0 spiro atoms. The van der Waals surface area contributed by atoms with Crippen molar-refractivity contribution < 1.29 is 18.0 Å². The first kappa shape index (κ1) is 15.5. The number of rotatable bonds is 5. The molecule has 1 unspecified atom stereocenters. The fraction of sp³-hybridized carbons (Fsp3) is 0.462. The highest BCUT2D eigenvalue weighted by molar-refractivity contribution is 5.76. The Labute approximate surface area is 110 Å². The van der Waals surface area contributed by atoms with Crippen molar-refractivity contribution in [1.29, 1.82) is 0 Å². The zero-order valence-corrected chi connectivity index (χ0v) is 10.6. The van der Waals surface area contributed by atoms with Crippen molar-refractivity contribution in [3.63, 3.8) is 0 Å². The van der Waals surface area contributed by atoms with Crippen molar-refractivity contribution >= 4 is 5.91 Å². The summed E-state index contributed by atoms with van der Waals surface area (Å²) in [4.78, 5) is 11.5. The Bertz CT molecular complexity index is 415. The summed E-state index contributed by atoms with van der Waals surface area (Å²) in [5.74, 6) is -0.155. The minimum absolute atomic E-state index is 0.155. The van der Waals surface area contributed by atoms with Crippen LogP contribution in [0.1, 0.15) is 36.9 Å². The van der Waals surface area contributed by atoms with Crippen LogP contribution in [0, 0.1) is 0 Å². The number of nitrogens with two attached hydrogens (primary N) is 1. The van der Waals surface area contributed by atoms with E-state index in [2.05, 4.69) is 5.32 Å². The summed E-state index contributed by atoms with van der Waals surface area (Å²) in [5, 5.41) is 2.71. The molecule has 6 heteroatoms. The summed E-state index contributed by atoms with van der Waals surface area (Å²) >= 11 is 0. The first-order chi connectivity index (χ1) is 8.84. The van der Waals surface area contributed by atoms with Crippen molar-refractivity contribution in [3.05, 3.63) is 35.4 Å². The molecule has 1 rings (SSSR count). The summed E-state index contributed by atoms with van der Waals surface area (Å²) in [7, 11) is 0. The molecule has 0 saturated carbocycles. The van der Waals surface area contributed by atoms with Gasteiger partial charge >= 0.3 is 6.18 Å². The Morgan fingerprint density at radius 3 is 2.37 bits per heavy atom. The SMILES string of the molecule is CC(NC(=O)CCCN)c1ccc(C(F)(F)F)cc1. The van der Waals surface area contributed by atoms with Gasteiger partial charge in [-0.05, 0) is 37.6 Å². The molecule has 0 radical (unpaired) electrons. The Morgan fingerprint density at radius 1 is 1.32 bits per heavy atom. The molecule has 0 saturated heterocycles. The summed E-state index contributed by atoms with van der Waals surface area (Å²) in [6.07, 6.45) is -3.43. The van der Waals surface area contributed by atoms with E-state index in [0.29, 0.717) is 24.9 Å². The Kier molecular flexibility index (Phi) is 5.35. The first-order valence-corrected chi connectivity index (χ1v) is 6.01. The predicted molar refractivity (Wildman–Crippen MR) is 66.3 cm³/mol. The minimum Gasteiger partial charge on any atom is -0.350 e. The second kappa shape index (κ2) is 6.56.